The second kappa shape index (κ2) is 5.85. The lowest BCUT2D eigenvalue weighted by Gasteiger charge is -2.10. The Morgan fingerprint density at radius 3 is 2.00 bits per heavy atom. The molecule has 0 spiro atoms. The van der Waals surface area contributed by atoms with Gasteiger partial charge in [0.2, 0.25) is 0 Å². The van der Waals surface area contributed by atoms with Gasteiger partial charge in [-0.2, -0.15) is 0 Å². The van der Waals surface area contributed by atoms with E-state index in [0.29, 0.717) is 5.78 Å². The van der Waals surface area contributed by atoms with E-state index in [1.54, 1.807) is 0 Å². The molecule has 0 atom stereocenters. The predicted octanol–water partition coefficient (Wildman–Crippen LogP) is 2.49. The van der Waals surface area contributed by atoms with Crippen molar-refractivity contribution in [2.45, 2.75) is 27.2 Å². The molecule has 0 aromatic heterocycles. The lowest BCUT2D eigenvalue weighted by atomic mass is 10.4. The van der Waals surface area contributed by atoms with Gasteiger partial charge in [-0.3, -0.25) is 4.79 Å². The summed E-state index contributed by atoms with van der Waals surface area (Å²) in [5.41, 5.74) is 0. The number of Topliss-reactive ketones (excluding diaryl/α,β-unsaturated/α-hetero) is 1. The summed E-state index contributed by atoms with van der Waals surface area (Å²) in [6.45, 7) is 6.30. The Kier molecular flexibility index (Phi) is 5.91. The number of rotatable bonds is 5. The summed E-state index contributed by atoms with van der Waals surface area (Å²) in [4.78, 5) is 11.0. The molecule has 0 amide bonds. The van der Waals surface area contributed by atoms with Crippen molar-refractivity contribution in [2.75, 3.05) is 18.5 Å². The van der Waals surface area contributed by atoms with Crippen LogP contribution in [0.3, 0.4) is 0 Å². The minimum Gasteiger partial charge on any atom is -0.299 e. The summed E-state index contributed by atoms with van der Waals surface area (Å²) in [7, 11) is 0.0490. The highest BCUT2D eigenvalue weighted by Gasteiger charge is 2.06. The average Bonchev–Trinajstić information content (AvgIpc) is 1.99. The lowest BCUT2D eigenvalue weighted by Crippen LogP contribution is -2.02. The Bertz CT molecular complexity index is 97.4. The number of carbonyl (C=O) groups is 1. The molecule has 0 saturated heterocycles. The van der Waals surface area contributed by atoms with Crippen molar-refractivity contribution in [3.05, 3.63) is 0 Å². The largest absolute Gasteiger partial charge is 0.299 e. The van der Waals surface area contributed by atoms with Gasteiger partial charge in [-0.25, -0.2) is 0 Å². The van der Waals surface area contributed by atoms with Gasteiger partial charge in [0.05, 0.1) is 0 Å². The molecule has 0 N–H and O–H groups in total. The van der Waals surface area contributed by atoms with Crippen LogP contribution < -0.4 is 0 Å². The van der Waals surface area contributed by atoms with Crippen molar-refractivity contribution in [3.8, 4) is 0 Å². The molecule has 0 aliphatic rings. The molecule has 0 unspecified atom stereocenters. The molecular formula is C8H17OP. The third-order valence-electron chi connectivity index (χ3n) is 1.69. The molecule has 1 nitrogen and oxygen atoms in total. The fraction of sp³-hybridized carbons (Fsp3) is 0.875. The van der Waals surface area contributed by atoms with Crippen LogP contribution >= 0.6 is 7.92 Å². The zero-order valence-corrected chi connectivity index (χ0v) is 8.08. The number of hydrogen-bond acceptors (Lipinski definition) is 1. The second-order valence-electron chi connectivity index (χ2n) is 2.35. The molecule has 0 aromatic rings. The molecule has 0 aliphatic heterocycles. The number of ketones is 1. The lowest BCUT2D eigenvalue weighted by molar-refractivity contribution is -0.116. The van der Waals surface area contributed by atoms with E-state index < -0.39 is 0 Å². The van der Waals surface area contributed by atoms with E-state index in [0.717, 1.165) is 12.6 Å². The molecule has 60 valence electrons. The topological polar surface area (TPSA) is 17.1 Å². The molecule has 0 radical (unpaired) electrons. The molecule has 0 heterocycles. The minimum atomic E-state index is 0.0490. The summed E-state index contributed by atoms with van der Waals surface area (Å²) in [5, 5.41) is 0. The Morgan fingerprint density at radius 1 is 1.20 bits per heavy atom. The summed E-state index contributed by atoms with van der Waals surface area (Å²) < 4.78 is 0. The van der Waals surface area contributed by atoms with Crippen LogP contribution in [0.2, 0.25) is 0 Å². The summed E-state index contributed by atoms with van der Waals surface area (Å²) in [5.74, 6) is 0.440. The maximum Gasteiger partial charge on any atom is 0.136 e. The standard InChI is InChI=1S/C8H17OP/c1-4-8(9)7-10(5-2)6-3/h4-7H2,1-3H3. The maximum absolute atomic E-state index is 11.0. The van der Waals surface area contributed by atoms with Crippen LogP contribution in [0.1, 0.15) is 27.2 Å². The molecule has 2 heteroatoms. The Morgan fingerprint density at radius 2 is 1.70 bits per heavy atom. The quantitative estimate of drug-likeness (QED) is 0.565. The van der Waals surface area contributed by atoms with E-state index in [9.17, 15) is 4.79 Å². The van der Waals surface area contributed by atoms with Crippen LogP contribution in [-0.4, -0.2) is 24.3 Å². The molecule has 0 fully saturated rings. The van der Waals surface area contributed by atoms with Crippen molar-refractivity contribution >= 4 is 13.7 Å². The van der Waals surface area contributed by atoms with Gasteiger partial charge in [0.15, 0.2) is 0 Å². The van der Waals surface area contributed by atoms with E-state index in [-0.39, 0.29) is 7.92 Å². The van der Waals surface area contributed by atoms with E-state index in [1.165, 1.54) is 12.3 Å². The van der Waals surface area contributed by atoms with Crippen LogP contribution in [0.5, 0.6) is 0 Å². The van der Waals surface area contributed by atoms with Crippen LogP contribution in [0.25, 0.3) is 0 Å². The van der Waals surface area contributed by atoms with Crippen LogP contribution in [0.15, 0.2) is 0 Å². The van der Waals surface area contributed by atoms with Crippen molar-refractivity contribution in [2.24, 2.45) is 0 Å². The Hall–Kier alpha value is 0.100. The predicted molar refractivity (Wildman–Crippen MR) is 48.2 cm³/mol. The van der Waals surface area contributed by atoms with Gasteiger partial charge < -0.3 is 0 Å². The molecule has 10 heavy (non-hydrogen) atoms. The number of hydrogen-bond donors (Lipinski definition) is 0. The van der Waals surface area contributed by atoms with Gasteiger partial charge in [-0.15, -0.1) is 0 Å². The first kappa shape index (κ1) is 10.1. The minimum absolute atomic E-state index is 0.0490. The van der Waals surface area contributed by atoms with Crippen molar-refractivity contribution in [1.82, 2.24) is 0 Å². The molecular weight excluding hydrogens is 143 g/mol. The first-order valence-electron chi connectivity index (χ1n) is 3.98. The summed E-state index contributed by atoms with van der Waals surface area (Å²) >= 11 is 0. The normalized spacial score (nSPS) is 10.4. The summed E-state index contributed by atoms with van der Waals surface area (Å²) in [6.07, 6.45) is 3.99. The van der Waals surface area contributed by atoms with Gasteiger partial charge >= 0.3 is 0 Å². The third kappa shape index (κ3) is 4.00. The van der Waals surface area contributed by atoms with Gasteiger partial charge in [0.25, 0.3) is 0 Å². The highest BCUT2D eigenvalue weighted by atomic mass is 31.1. The Labute approximate surface area is 65.0 Å². The Balaban J connectivity index is 3.52. The molecule has 0 saturated carbocycles. The monoisotopic (exact) mass is 160 g/mol. The van der Waals surface area contributed by atoms with E-state index in [4.69, 9.17) is 0 Å². The van der Waals surface area contributed by atoms with Crippen molar-refractivity contribution < 1.29 is 4.79 Å². The maximum atomic E-state index is 11.0. The van der Waals surface area contributed by atoms with E-state index in [1.807, 2.05) is 6.92 Å². The molecule has 0 aliphatic carbocycles. The van der Waals surface area contributed by atoms with Gasteiger partial charge in [0.1, 0.15) is 5.78 Å². The highest BCUT2D eigenvalue weighted by Crippen LogP contribution is 2.33. The van der Waals surface area contributed by atoms with Crippen LogP contribution in [-0.2, 0) is 4.79 Å². The fourth-order valence-corrected chi connectivity index (χ4v) is 2.43. The third-order valence-corrected chi connectivity index (χ3v) is 4.28. The molecule has 0 rings (SSSR count). The zero-order chi connectivity index (χ0) is 7.98. The SMILES string of the molecule is CCC(=O)CP(CC)CC. The van der Waals surface area contributed by atoms with Gasteiger partial charge in [-0.05, 0) is 12.3 Å². The van der Waals surface area contributed by atoms with Gasteiger partial charge in [-0.1, -0.05) is 28.7 Å². The first-order chi connectivity index (χ1) is 4.74. The van der Waals surface area contributed by atoms with Crippen molar-refractivity contribution in [1.29, 1.82) is 0 Å². The summed E-state index contributed by atoms with van der Waals surface area (Å²) in [6, 6.07) is 0. The van der Waals surface area contributed by atoms with Crippen LogP contribution in [0, 0.1) is 0 Å². The fourth-order valence-electron chi connectivity index (χ4n) is 0.808. The first-order valence-corrected chi connectivity index (χ1v) is 5.88. The van der Waals surface area contributed by atoms with E-state index >= 15 is 0 Å². The van der Waals surface area contributed by atoms with Crippen LogP contribution in [0.4, 0.5) is 0 Å². The number of carbonyl (C=O) groups excluding carboxylic acids is 1. The molecule has 0 bridgehead atoms. The van der Waals surface area contributed by atoms with Gasteiger partial charge in [0, 0.05) is 12.6 Å². The van der Waals surface area contributed by atoms with E-state index in [2.05, 4.69) is 13.8 Å². The highest BCUT2D eigenvalue weighted by molar-refractivity contribution is 7.58. The second-order valence-corrected chi connectivity index (χ2v) is 5.28. The van der Waals surface area contributed by atoms with Crippen molar-refractivity contribution in [3.63, 3.8) is 0 Å². The smallest absolute Gasteiger partial charge is 0.136 e. The zero-order valence-electron chi connectivity index (χ0n) is 7.18. The molecule has 0 aromatic carbocycles. The average molecular weight is 160 g/mol.